The van der Waals surface area contributed by atoms with E-state index in [1.165, 1.54) is 0 Å². The van der Waals surface area contributed by atoms with Crippen molar-refractivity contribution >= 4 is 26.9 Å². The third-order valence-electron chi connectivity index (χ3n) is 4.86. The first-order chi connectivity index (χ1) is 14.1. The molecule has 0 aromatic heterocycles. The summed E-state index contributed by atoms with van der Waals surface area (Å²) in [7, 11) is -3.62. The van der Waals surface area contributed by atoms with Crippen LogP contribution in [0.5, 0.6) is 11.5 Å². The van der Waals surface area contributed by atoms with Crippen LogP contribution in [0.3, 0.4) is 0 Å². The van der Waals surface area contributed by atoms with Crippen molar-refractivity contribution in [2.24, 2.45) is 0 Å². The van der Waals surface area contributed by atoms with Crippen LogP contribution in [0.25, 0.3) is 0 Å². The molecule has 1 heterocycles. The Labute approximate surface area is 169 Å². The van der Waals surface area contributed by atoms with Gasteiger partial charge in [0.05, 0.1) is 0 Å². The summed E-state index contributed by atoms with van der Waals surface area (Å²) in [4.78, 5) is 2.45. The highest BCUT2D eigenvalue weighted by Crippen LogP contribution is 2.45. The minimum atomic E-state index is -3.62. The molecule has 0 fully saturated rings. The molecule has 29 heavy (non-hydrogen) atoms. The van der Waals surface area contributed by atoms with Gasteiger partial charge in [-0.25, -0.2) is 8.42 Å². The highest BCUT2D eigenvalue weighted by molar-refractivity contribution is 7.91. The third-order valence-corrected chi connectivity index (χ3v) is 6.69. The lowest BCUT2D eigenvalue weighted by Crippen LogP contribution is -2.13. The van der Waals surface area contributed by atoms with Crippen molar-refractivity contribution < 1.29 is 13.2 Å². The first-order valence-corrected chi connectivity index (χ1v) is 10.7. The maximum Gasteiger partial charge on any atom is 0.213 e. The Kier molecular flexibility index (Phi) is 4.11. The number of rotatable bonds is 3. The summed E-state index contributed by atoms with van der Waals surface area (Å²) in [6.45, 7) is 0. The van der Waals surface area contributed by atoms with Gasteiger partial charge in [-0.2, -0.15) is 0 Å². The van der Waals surface area contributed by atoms with Gasteiger partial charge in [0.15, 0.2) is 0 Å². The molecular formula is C24H17NO3S. The summed E-state index contributed by atoms with van der Waals surface area (Å²) >= 11 is 0. The van der Waals surface area contributed by atoms with Crippen molar-refractivity contribution in [1.29, 1.82) is 0 Å². The van der Waals surface area contributed by atoms with Gasteiger partial charge in [-0.3, -0.25) is 0 Å². The first-order valence-electron chi connectivity index (χ1n) is 9.21. The van der Waals surface area contributed by atoms with E-state index in [4.69, 9.17) is 4.74 Å². The van der Waals surface area contributed by atoms with E-state index >= 15 is 0 Å². The molecule has 1 aliphatic rings. The second-order valence-electron chi connectivity index (χ2n) is 6.69. The molecule has 1 aliphatic heterocycles. The Morgan fingerprint density at radius 2 is 1.10 bits per heavy atom. The summed E-state index contributed by atoms with van der Waals surface area (Å²) in [5.41, 5.74) is 2.76. The Morgan fingerprint density at radius 1 is 0.552 bits per heavy atom. The van der Waals surface area contributed by atoms with E-state index < -0.39 is 9.84 Å². The van der Waals surface area contributed by atoms with Gasteiger partial charge in [-0.15, -0.1) is 0 Å². The van der Waals surface area contributed by atoms with Crippen LogP contribution >= 0.6 is 0 Å². The molecule has 4 nitrogen and oxygen atoms in total. The molecule has 4 aromatic carbocycles. The van der Waals surface area contributed by atoms with Crippen LogP contribution in [0, 0.1) is 0 Å². The molecular weight excluding hydrogens is 382 g/mol. The van der Waals surface area contributed by atoms with Gasteiger partial charge in [0.1, 0.15) is 21.3 Å². The monoisotopic (exact) mass is 399 g/mol. The number of fused-ring (bicyclic) bond motifs is 2. The summed E-state index contributed by atoms with van der Waals surface area (Å²) in [5, 5.41) is 0. The second kappa shape index (κ2) is 6.79. The molecule has 0 radical (unpaired) electrons. The van der Waals surface area contributed by atoms with Crippen LogP contribution in [0.2, 0.25) is 0 Å². The molecule has 0 bridgehead atoms. The Balaban J connectivity index is 1.68. The Hall–Kier alpha value is -3.57. The molecule has 0 saturated heterocycles. The zero-order valence-corrected chi connectivity index (χ0v) is 16.2. The molecule has 0 N–H and O–H groups in total. The highest BCUT2D eigenvalue weighted by Gasteiger charge is 2.31. The largest absolute Gasteiger partial charge is 0.455 e. The highest BCUT2D eigenvalue weighted by atomic mass is 32.2. The summed E-state index contributed by atoms with van der Waals surface area (Å²) in [6.07, 6.45) is 0. The van der Waals surface area contributed by atoms with E-state index in [0.717, 1.165) is 17.1 Å². The topological polar surface area (TPSA) is 46.6 Å². The lowest BCUT2D eigenvalue weighted by atomic mass is 10.2. The van der Waals surface area contributed by atoms with E-state index in [-0.39, 0.29) is 9.79 Å². The van der Waals surface area contributed by atoms with Crippen LogP contribution in [0.4, 0.5) is 17.1 Å². The van der Waals surface area contributed by atoms with Crippen LogP contribution in [0.15, 0.2) is 113 Å². The first kappa shape index (κ1) is 17.5. The van der Waals surface area contributed by atoms with Crippen LogP contribution in [-0.4, -0.2) is 8.42 Å². The van der Waals surface area contributed by atoms with Gasteiger partial charge < -0.3 is 9.64 Å². The van der Waals surface area contributed by atoms with E-state index in [2.05, 4.69) is 4.90 Å². The van der Waals surface area contributed by atoms with E-state index in [0.29, 0.717) is 11.5 Å². The fraction of sp³-hybridized carbons (Fsp3) is 0. The van der Waals surface area contributed by atoms with Crippen LogP contribution in [-0.2, 0) is 9.84 Å². The van der Waals surface area contributed by atoms with Crippen molar-refractivity contribution in [2.75, 3.05) is 4.90 Å². The van der Waals surface area contributed by atoms with E-state index in [1.807, 2.05) is 66.7 Å². The van der Waals surface area contributed by atoms with Gasteiger partial charge in [-0.1, -0.05) is 48.5 Å². The Bertz CT molecular complexity index is 1250. The van der Waals surface area contributed by atoms with Gasteiger partial charge in [0.2, 0.25) is 9.84 Å². The minimum absolute atomic E-state index is 0.182. The molecule has 0 saturated carbocycles. The number of nitrogens with zero attached hydrogens (tertiary/aromatic N) is 1. The maximum absolute atomic E-state index is 13.0. The number of benzene rings is 4. The van der Waals surface area contributed by atoms with Crippen molar-refractivity contribution in [3.8, 4) is 11.5 Å². The molecule has 4 aromatic rings. The lowest BCUT2D eigenvalue weighted by molar-refractivity contribution is 0.443. The number of para-hydroxylation sites is 3. The van der Waals surface area contributed by atoms with Gasteiger partial charge in [-0.05, 0) is 48.5 Å². The Morgan fingerprint density at radius 3 is 1.76 bits per heavy atom. The quantitative estimate of drug-likeness (QED) is 0.368. The average molecular weight is 399 g/mol. The van der Waals surface area contributed by atoms with Crippen LogP contribution < -0.4 is 9.64 Å². The van der Waals surface area contributed by atoms with E-state index in [9.17, 15) is 8.42 Å². The molecule has 142 valence electrons. The fourth-order valence-corrected chi connectivity index (χ4v) is 5.01. The second-order valence-corrected chi connectivity index (χ2v) is 8.58. The number of sulfone groups is 1. The molecule has 0 spiro atoms. The molecule has 0 aliphatic carbocycles. The van der Waals surface area contributed by atoms with Crippen LogP contribution in [0.1, 0.15) is 0 Å². The predicted molar refractivity (Wildman–Crippen MR) is 113 cm³/mol. The lowest BCUT2D eigenvalue weighted by Gasteiger charge is -2.27. The third kappa shape index (κ3) is 2.96. The molecule has 0 atom stereocenters. The summed E-state index contributed by atoms with van der Waals surface area (Å²) in [6, 6.07) is 31.8. The van der Waals surface area contributed by atoms with Gasteiger partial charge in [0, 0.05) is 23.1 Å². The summed E-state index contributed by atoms with van der Waals surface area (Å²) < 4.78 is 32.0. The predicted octanol–water partition coefficient (Wildman–Crippen LogP) is 6.09. The normalized spacial score (nSPS) is 13.7. The standard InChI is InChI=1S/C24H17NO3S/c26-29(27)23-14-8-7-13-21(23)28-22-17-20(15-16-24(22)29)25(18-9-3-1-4-10-18)19-11-5-2-6-12-19/h1-17H. The van der Waals surface area contributed by atoms with E-state index in [1.54, 1.807) is 36.4 Å². The van der Waals surface area contributed by atoms with Crippen molar-refractivity contribution in [3.63, 3.8) is 0 Å². The SMILES string of the molecule is O=S1(=O)c2ccccc2Oc2cc(N(c3ccccc3)c3ccccc3)ccc21. The minimum Gasteiger partial charge on any atom is -0.455 e. The number of hydrogen-bond donors (Lipinski definition) is 0. The smallest absolute Gasteiger partial charge is 0.213 e. The number of anilines is 3. The molecule has 0 unspecified atom stereocenters. The zero-order valence-electron chi connectivity index (χ0n) is 15.4. The fourth-order valence-electron chi connectivity index (χ4n) is 3.53. The van der Waals surface area contributed by atoms with Crippen molar-refractivity contribution in [2.45, 2.75) is 9.79 Å². The number of ether oxygens (including phenoxy) is 1. The number of hydrogen-bond acceptors (Lipinski definition) is 4. The molecule has 5 rings (SSSR count). The maximum atomic E-state index is 13.0. The molecule has 0 amide bonds. The summed E-state index contributed by atoms with van der Waals surface area (Å²) in [5.74, 6) is 0.682. The average Bonchev–Trinajstić information content (AvgIpc) is 2.75. The van der Waals surface area contributed by atoms with Gasteiger partial charge in [0.25, 0.3) is 0 Å². The van der Waals surface area contributed by atoms with Crippen molar-refractivity contribution in [3.05, 3.63) is 103 Å². The zero-order chi connectivity index (χ0) is 19.8. The van der Waals surface area contributed by atoms with Gasteiger partial charge >= 0.3 is 0 Å². The van der Waals surface area contributed by atoms with Crippen molar-refractivity contribution in [1.82, 2.24) is 0 Å². The molecule has 5 heteroatoms.